The Morgan fingerprint density at radius 3 is 1.56 bits per heavy atom. The summed E-state index contributed by atoms with van der Waals surface area (Å²) in [5.41, 5.74) is 0. The number of carbonyl (C=O) groups excluding carboxylic acids is 1. The van der Waals surface area contributed by atoms with Crippen LogP contribution >= 0.6 is 0 Å². The van der Waals surface area contributed by atoms with Crippen LogP contribution in [0.1, 0.15) is 6.92 Å². The molecule has 0 unspecified atom stereocenters. The molecule has 0 aromatic carbocycles. The second-order valence-corrected chi connectivity index (χ2v) is 0.733. The van der Waals surface area contributed by atoms with E-state index in [-0.39, 0.29) is 60.4 Å². The SMILES string of the molecule is [CH2-]NC(C)=O.[CH3-].[CH3-].[V].[W]. The van der Waals surface area contributed by atoms with Crippen molar-refractivity contribution in [3.63, 3.8) is 0 Å². The molecule has 0 fully saturated rings. The molecule has 0 rings (SSSR count). The molecular formula is C5H12NOVW-3. The van der Waals surface area contributed by atoms with E-state index in [2.05, 4.69) is 12.4 Å². The number of amides is 1. The van der Waals surface area contributed by atoms with Crippen molar-refractivity contribution in [1.82, 2.24) is 5.32 Å². The normalized spacial score (nSPS) is 3.78. The van der Waals surface area contributed by atoms with Crippen molar-refractivity contribution < 1.29 is 44.4 Å². The van der Waals surface area contributed by atoms with E-state index in [9.17, 15) is 4.79 Å². The van der Waals surface area contributed by atoms with Gasteiger partial charge in [0.15, 0.2) is 5.91 Å². The fraction of sp³-hybridized carbons (Fsp3) is 0.200. The Hall–Kier alpha value is 0.743. The summed E-state index contributed by atoms with van der Waals surface area (Å²) in [4.78, 5) is 9.64. The second-order valence-electron chi connectivity index (χ2n) is 0.733. The topological polar surface area (TPSA) is 29.1 Å². The first-order valence-corrected chi connectivity index (χ1v) is 1.31. The molecule has 0 spiro atoms. The van der Waals surface area contributed by atoms with Crippen LogP contribution in [-0.4, -0.2) is 5.91 Å². The molecule has 1 radical (unpaired) electrons. The first kappa shape index (κ1) is 33.1. The zero-order valence-electron chi connectivity index (χ0n) is 5.97. The zero-order chi connectivity index (χ0) is 4.28. The van der Waals surface area contributed by atoms with Crippen molar-refractivity contribution in [2.45, 2.75) is 6.92 Å². The Labute approximate surface area is 84.3 Å². The molecule has 9 heavy (non-hydrogen) atoms. The van der Waals surface area contributed by atoms with Gasteiger partial charge in [0.05, 0.1) is 0 Å². The monoisotopic (exact) mass is 337 g/mol. The van der Waals surface area contributed by atoms with E-state index in [0.717, 1.165) is 0 Å². The first-order valence-electron chi connectivity index (χ1n) is 1.31. The maximum Gasteiger partial charge on any atom is 0.187 e. The Balaban J connectivity index is -0.0000000133. The van der Waals surface area contributed by atoms with Gasteiger partial charge in [0.25, 0.3) is 0 Å². The van der Waals surface area contributed by atoms with Gasteiger partial charge in [0.1, 0.15) is 0 Å². The molecule has 2 nitrogen and oxygen atoms in total. The van der Waals surface area contributed by atoms with Gasteiger partial charge in [-0.25, -0.2) is 0 Å². The van der Waals surface area contributed by atoms with Gasteiger partial charge >= 0.3 is 0 Å². The van der Waals surface area contributed by atoms with Crippen molar-refractivity contribution in [2.24, 2.45) is 0 Å². The third-order valence-electron chi connectivity index (χ3n) is 0.249. The number of hydrogen-bond donors (Lipinski definition) is 1. The van der Waals surface area contributed by atoms with Crippen LogP contribution in [0.5, 0.6) is 0 Å². The molecule has 0 saturated heterocycles. The van der Waals surface area contributed by atoms with Crippen molar-refractivity contribution in [3.8, 4) is 0 Å². The van der Waals surface area contributed by atoms with Gasteiger partial charge in [-0.05, 0) is 0 Å². The fourth-order valence-corrected chi connectivity index (χ4v) is 0. The maximum absolute atomic E-state index is 9.64. The summed E-state index contributed by atoms with van der Waals surface area (Å²) in [7, 11) is 3.09. The third kappa shape index (κ3) is 52.8. The standard InChI is InChI=1S/C3H6NO.2CH3.V.W/c1-3(5)4-2;;;;/h2H2,1H3,(H,4,5);2*1H3;;/q3*-1;;. The van der Waals surface area contributed by atoms with E-state index in [1.54, 1.807) is 0 Å². The van der Waals surface area contributed by atoms with Crippen molar-refractivity contribution in [2.75, 3.05) is 0 Å². The summed E-state index contributed by atoms with van der Waals surface area (Å²) in [6.07, 6.45) is 0. The van der Waals surface area contributed by atoms with Gasteiger partial charge in [0.2, 0.25) is 0 Å². The van der Waals surface area contributed by atoms with Crippen LogP contribution in [0.4, 0.5) is 0 Å². The Bertz CT molecular complexity index is 52.2. The van der Waals surface area contributed by atoms with E-state index >= 15 is 0 Å². The second kappa shape index (κ2) is 23.3. The van der Waals surface area contributed by atoms with Gasteiger partial charge in [-0.1, -0.05) is 0 Å². The van der Waals surface area contributed by atoms with Gasteiger partial charge in [0, 0.05) is 46.5 Å². The number of rotatable bonds is 0. The van der Waals surface area contributed by atoms with Gasteiger partial charge in [-0.3, -0.25) is 11.8 Å². The largest absolute Gasteiger partial charge is 0.509 e. The molecular weight excluding hydrogens is 325 g/mol. The van der Waals surface area contributed by atoms with E-state index < -0.39 is 0 Å². The Morgan fingerprint density at radius 2 is 1.56 bits per heavy atom. The van der Waals surface area contributed by atoms with Crippen LogP contribution < -0.4 is 5.32 Å². The smallest absolute Gasteiger partial charge is 0.187 e. The average Bonchev–Trinajstić information content (AvgIpc) is 1.38. The first-order chi connectivity index (χ1) is 2.27. The van der Waals surface area contributed by atoms with Gasteiger partial charge in [-0.2, -0.15) is 0 Å². The van der Waals surface area contributed by atoms with Gasteiger partial charge < -0.3 is 20.2 Å². The van der Waals surface area contributed by atoms with Gasteiger partial charge in [-0.15, -0.1) is 0 Å². The summed E-state index contributed by atoms with van der Waals surface area (Å²) < 4.78 is 0. The van der Waals surface area contributed by atoms with Crippen molar-refractivity contribution >= 4 is 5.91 Å². The minimum atomic E-state index is -0.106. The molecule has 0 aromatic heterocycles. The van der Waals surface area contributed by atoms with Crippen LogP contribution in [0.25, 0.3) is 0 Å². The maximum atomic E-state index is 9.64. The quantitative estimate of drug-likeness (QED) is 0.652. The minimum Gasteiger partial charge on any atom is -0.509 e. The fourth-order valence-electron chi connectivity index (χ4n) is 0. The molecule has 0 saturated carbocycles. The van der Waals surface area contributed by atoms with Crippen molar-refractivity contribution in [1.29, 1.82) is 0 Å². The molecule has 0 atom stereocenters. The average molecular weight is 337 g/mol. The van der Waals surface area contributed by atoms with E-state index in [1.165, 1.54) is 6.92 Å². The number of nitrogens with one attached hydrogen (secondary N) is 1. The summed E-state index contributed by atoms with van der Waals surface area (Å²) in [5, 5.41) is 2.14. The van der Waals surface area contributed by atoms with Crippen LogP contribution in [0.2, 0.25) is 0 Å². The molecule has 1 amide bonds. The molecule has 4 heteroatoms. The molecule has 0 aliphatic heterocycles. The summed E-state index contributed by atoms with van der Waals surface area (Å²) in [6.45, 7) is 1.41. The van der Waals surface area contributed by atoms with E-state index in [0.29, 0.717) is 0 Å². The molecule has 0 aliphatic rings. The van der Waals surface area contributed by atoms with Crippen LogP contribution in [0, 0.1) is 21.9 Å². The van der Waals surface area contributed by atoms with Crippen LogP contribution in [0.15, 0.2) is 0 Å². The van der Waals surface area contributed by atoms with E-state index in [4.69, 9.17) is 0 Å². The predicted octanol–water partition coefficient (Wildman–Crippen LogP) is 0.810. The summed E-state index contributed by atoms with van der Waals surface area (Å²) in [5.74, 6) is -0.106. The minimum absolute atomic E-state index is 0. The zero-order valence-corrected chi connectivity index (χ0v) is 10.3. The van der Waals surface area contributed by atoms with Crippen molar-refractivity contribution in [3.05, 3.63) is 21.9 Å². The molecule has 0 aromatic rings. The van der Waals surface area contributed by atoms with Crippen LogP contribution in [0.3, 0.4) is 0 Å². The number of hydrogen-bond acceptors (Lipinski definition) is 1. The molecule has 57 valence electrons. The predicted molar refractivity (Wildman–Crippen MR) is 32.0 cm³/mol. The molecule has 0 heterocycles. The third-order valence-corrected chi connectivity index (χ3v) is 0.249. The molecule has 1 N–H and O–H groups in total. The molecule has 0 aliphatic carbocycles. The number of carbonyl (C=O) groups is 1. The Kier molecular flexibility index (Phi) is 85.7. The summed E-state index contributed by atoms with van der Waals surface area (Å²) in [6, 6.07) is 0. The van der Waals surface area contributed by atoms with Crippen LogP contribution in [-0.2, 0) is 44.4 Å². The summed E-state index contributed by atoms with van der Waals surface area (Å²) >= 11 is 0. The van der Waals surface area contributed by atoms with E-state index in [1.807, 2.05) is 0 Å². The Morgan fingerprint density at radius 1 is 1.44 bits per heavy atom. The molecule has 0 bridgehead atoms.